The van der Waals surface area contributed by atoms with Crippen LogP contribution >= 0.6 is 0 Å². The molecular weight excluding hydrogens is 362 g/mol. The van der Waals surface area contributed by atoms with E-state index in [0.29, 0.717) is 6.54 Å². The van der Waals surface area contributed by atoms with Crippen molar-refractivity contribution in [2.75, 3.05) is 12.4 Å². The molecule has 1 atom stereocenters. The van der Waals surface area contributed by atoms with Crippen LogP contribution < -0.4 is 5.32 Å². The predicted octanol–water partition coefficient (Wildman–Crippen LogP) is 2.73. The van der Waals surface area contributed by atoms with Crippen LogP contribution in [-0.2, 0) is 27.6 Å². The van der Waals surface area contributed by atoms with Crippen LogP contribution in [0.1, 0.15) is 30.9 Å². The summed E-state index contributed by atoms with van der Waals surface area (Å²) in [6, 6.07) is 16.6. The van der Waals surface area contributed by atoms with E-state index in [1.807, 2.05) is 25.1 Å². The average molecular weight is 390 g/mol. The van der Waals surface area contributed by atoms with Crippen molar-refractivity contribution in [2.24, 2.45) is 5.92 Å². The van der Waals surface area contributed by atoms with Crippen molar-refractivity contribution in [1.29, 1.82) is 0 Å². The minimum atomic E-state index is -3.44. The number of aliphatic hydroxyl groups is 1. The Morgan fingerprint density at radius 1 is 1.04 bits per heavy atom. The van der Waals surface area contributed by atoms with E-state index in [1.165, 1.54) is 17.7 Å². The minimum Gasteiger partial charge on any atom is -0.395 e. The molecule has 0 saturated carbocycles. The maximum Gasteiger partial charge on any atom is 0.223 e. The highest BCUT2D eigenvalue weighted by Crippen LogP contribution is 2.14. The quantitative estimate of drug-likeness (QED) is 0.654. The van der Waals surface area contributed by atoms with Crippen molar-refractivity contribution < 1.29 is 18.3 Å². The molecule has 0 radical (unpaired) electrons. The molecule has 5 nitrogen and oxygen atoms in total. The third kappa shape index (κ3) is 6.81. The number of carbonyl (C=O) groups excluding carboxylic acids is 1. The van der Waals surface area contributed by atoms with Gasteiger partial charge in [-0.05, 0) is 42.5 Å². The Morgan fingerprint density at radius 3 is 2.33 bits per heavy atom. The van der Waals surface area contributed by atoms with Crippen LogP contribution in [0.25, 0.3) is 0 Å². The first kappa shape index (κ1) is 21.1. The van der Waals surface area contributed by atoms with Crippen molar-refractivity contribution in [3.8, 4) is 0 Å². The normalized spacial score (nSPS) is 12.5. The number of hydrogen-bond acceptors (Lipinski definition) is 4. The number of benzene rings is 2. The second-order valence-electron chi connectivity index (χ2n) is 6.68. The van der Waals surface area contributed by atoms with Gasteiger partial charge in [-0.3, -0.25) is 4.79 Å². The van der Waals surface area contributed by atoms with E-state index >= 15 is 0 Å². The fourth-order valence-electron chi connectivity index (χ4n) is 2.80. The van der Waals surface area contributed by atoms with Gasteiger partial charge in [0.25, 0.3) is 0 Å². The van der Waals surface area contributed by atoms with E-state index in [0.717, 1.165) is 24.8 Å². The smallest absolute Gasteiger partial charge is 0.223 e. The van der Waals surface area contributed by atoms with Gasteiger partial charge >= 0.3 is 0 Å². The fraction of sp³-hybridized carbons (Fsp3) is 0.381. The van der Waals surface area contributed by atoms with Gasteiger partial charge in [0, 0.05) is 12.5 Å². The monoisotopic (exact) mass is 389 g/mol. The number of carbonyl (C=O) groups is 1. The number of aryl methyl sites for hydroxylation is 1. The molecule has 0 aliphatic heterocycles. The molecule has 1 amide bonds. The van der Waals surface area contributed by atoms with Crippen LogP contribution in [0, 0.1) is 5.92 Å². The van der Waals surface area contributed by atoms with Crippen molar-refractivity contribution in [2.45, 2.75) is 37.6 Å². The average Bonchev–Trinajstić information content (AvgIpc) is 2.67. The van der Waals surface area contributed by atoms with Crippen molar-refractivity contribution in [1.82, 2.24) is 5.32 Å². The van der Waals surface area contributed by atoms with Gasteiger partial charge in [0.05, 0.1) is 17.3 Å². The number of amides is 1. The van der Waals surface area contributed by atoms with Crippen LogP contribution in [0.5, 0.6) is 0 Å². The number of hydrogen-bond donors (Lipinski definition) is 2. The molecule has 6 heteroatoms. The molecule has 2 aromatic carbocycles. The van der Waals surface area contributed by atoms with Gasteiger partial charge in [0.1, 0.15) is 0 Å². The van der Waals surface area contributed by atoms with E-state index in [1.54, 1.807) is 12.1 Å². The predicted molar refractivity (Wildman–Crippen MR) is 106 cm³/mol. The zero-order valence-corrected chi connectivity index (χ0v) is 16.4. The molecule has 0 aliphatic rings. The lowest BCUT2D eigenvalue weighted by Crippen LogP contribution is -2.28. The van der Waals surface area contributed by atoms with Crippen LogP contribution in [0.3, 0.4) is 0 Å². The highest BCUT2D eigenvalue weighted by molar-refractivity contribution is 7.91. The second kappa shape index (κ2) is 10.2. The molecule has 0 saturated heterocycles. The first-order valence-electron chi connectivity index (χ1n) is 9.16. The van der Waals surface area contributed by atoms with Gasteiger partial charge in [-0.1, -0.05) is 49.4 Å². The summed E-state index contributed by atoms with van der Waals surface area (Å²) < 4.78 is 23.7. The molecule has 2 aromatic rings. The van der Waals surface area contributed by atoms with Crippen LogP contribution in [0.15, 0.2) is 59.5 Å². The molecule has 0 fully saturated rings. The number of aliphatic hydroxyl groups excluding tert-OH is 1. The Labute approximate surface area is 161 Å². The van der Waals surface area contributed by atoms with Crippen LogP contribution in [0.2, 0.25) is 0 Å². The van der Waals surface area contributed by atoms with Gasteiger partial charge in [-0.15, -0.1) is 0 Å². The van der Waals surface area contributed by atoms with E-state index < -0.39 is 16.4 Å². The SMILES string of the molecule is CC(CCCc1ccccc1)C(=O)NCc1ccc(S(=O)(=O)CCO)cc1. The Hall–Kier alpha value is -2.18. The molecule has 27 heavy (non-hydrogen) atoms. The Kier molecular flexibility index (Phi) is 8.00. The molecule has 0 spiro atoms. The summed E-state index contributed by atoms with van der Waals surface area (Å²) in [5.41, 5.74) is 2.11. The fourth-order valence-corrected chi connectivity index (χ4v) is 3.83. The third-order valence-electron chi connectivity index (χ3n) is 4.50. The van der Waals surface area contributed by atoms with Crippen LogP contribution in [0.4, 0.5) is 0 Å². The molecule has 2 rings (SSSR count). The number of sulfone groups is 1. The highest BCUT2D eigenvalue weighted by atomic mass is 32.2. The summed E-state index contributed by atoms with van der Waals surface area (Å²) in [6.45, 7) is 1.88. The standard InChI is InChI=1S/C21H27NO4S/c1-17(6-5-9-18-7-3-2-4-8-18)21(24)22-16-19-10-12-20(13-11-19)27(25,26)15-14-23/h2-4,7-8,10-13,17,23H,5-6,9,14-16H2,1H3,(H,22,24). The third-order valence-corrected chi connectivity index (χ3v) is 6.21. The maximum absolute atomic E-state index is 12.2. The minimum absolute atomic E-state index is 0.0000373. The molecular formula is C21H27NO4S. The zero-order valence-electron chi connectivity index (χ0n) is 15.6. The second-order valence-corrected chi connectivity index (χ2v) is 8.79. The lowest BCUT2D eigenvalue weighted by molar-refractivity contribution is -0.124. The van der Waals surface area contributed by atoms with Crippen molar-refractivity contribution in [3.05, 3.63) is 65.7 Å². The van der Waals surface area contributed by atoms with E-state index in [2.05, 4.69) is 17.4 Å². The first-order chi connectivity index (χ1) is 12.9. The van der Waals surface area contributed by atoms with Gasteiger partial charge < -0.3 is 10.4 Å². The lowest BCUT2D eigenvalue weighted by Gasteiger charge is -2.12. The van der Waals surface area contributed by atoms with Crippen molar-refractivity contribution >= 4 is 15.7 Å². The Morgan fingerprint density at radius 2 is 1.70 bits per heavy atom. The van der Waals surface area contributed by atoms with Gasteiger partial charge in [0.15, 0.2) is 9.84 Å². The summed E-state index contributed by atoms with van der Waals surface area (Å²) in [6.07, 6.45) is 2.73. The summed E-state index contributed by atoms with van der Waals surface area (Å²) in [7, 11) is -3.44. The summed E-state index contributed by atoms with van der Waals surface area (Å²) in [5.74, 6) is -0.359. The number of rotatable bonds is 10. The largest absolute Gasteiger partial charge is 0.395 e. The zero-order chi connectivity index (χ0) is 19.7. The maximum atomic E-state index is 12.2. The Balaban J connectivity index is 1.77. The molecule has 2 N–H and O–H groups in total. The molecule has 1 unspecified atom stereocenters. The molecule has 0 aromatic heterocycles. The summed E-state index contributed by atoms with van der Waals surface area (Å²) in [4.78, 5) is 12.4. The van der Waals surface area contributed by atoms with E-state index in [9.17, 15) is 13.2 Å². The molecule has 146 valence electrons. The van der Waals surface area contributed by atoms with E-state index in [-0.39, 0.29) is 22.5 Å². The molecule has 0 heterocycles. The van der Waals surface area contributed by atoms with Crippen molar-refractivity contribution in [3.63, 3.8) is 0 Å². The van der Waals surface area contributed by atoms with Gasteiger partial charge in [0.2, 0.25) is 5.91 Å². The van der Waals surface area contributed by atoms with Crippen LogP contribution in [-0.4, -0.2) is 31.8 Å². The topological polar surface area (TPSA) is 83.5 Å². The highest BCUT2D eigenvalue weighted by Gasteiger charge is 2.14. The van der Waals surface area contributed by atoms with Gasteiger partial charge in [-0.2, -0.15) is 0 Å². The molecule has 0 bridgehead atoms. The Bertz CT molecular complexity index is 817. The van der Waals surface area contributed by atoms with E-state index in [4.69, 9.17) is 5.11 Å². The lowest BCUT2D eigenvalue weighted by atomic mass is 10.0. The summed E-state index contributed by atoms with van der Waals surface area (Å²) >= 11 is 0. The van der Waals surface area contributed by atoms with Gasteiger partial charge in [-0.25, -0.2) is 8.42 Å². The number of nitrogens with one attached hydrogen (secondary N) is 1. The first-order valence-corrected chi connectivity index (χ1v) is 10.8. The summed E-state index contributed by atoms with van der Waals surface area (Å²) in [5, 5.41) is 11.7. The molecule has 0 aliphatic carbocycles.